The fourth-order valence-corrected chi connectivity index (χ4v) is 0.698. The van der Waals surface area contributed by atoms with Gasteiger partial charge >= 0.3 is 0 Å². The molecule has 0 aromatic heterocycles. The Morgan fingerprint density at radius 1 is 1.71 bits per heavy atom. The SMILES string of the molecule is C=NC1CCC1=C. The lowest BCUT2D eigenvalue weighted by atomic mass is 9.88. The first-order chi connectivity index (χ1) is 3.34. The quantitative estimate of drug-likeness (QED) is 0.345. The van der Waals surface area contributed by atoms with Gasteiger partial charge in [-0.05, 0) is 19.6 Å². The van der Waals surface area contributed by atoms with E-state index in [0.717, 1.165) is 6.42 Å². The molecule has 0 aliphatic heterocycles. The van der Waals surface area contributed by atoms with E-state index in [1.807, 2.05) is 0 Å². The maximum Gasteiger partial charge on any atom is 0.0702 e. The minimum absolute atomic E-state index is 0.403. The van der Waals surface area contributed by atoms with Crippen LogP contribution in [0, 0.1) is 0 Å². The summed E-state index contributed by atoms with van der Waals surface area (Å²) in [6.07, 6.45) is 2.33. The summed E-state index contributed by atoms with van der Waals surface area (Å²) in [5.74, 6) is 0. The smallest absolute Gasteiger partial charge is 0.0702 e. The van der Waals surface area contributed by atoms with Crippen LogP contribution in [-0.4, -0.2) is 12.8 Å². The summed E-state index contributed by atoms with van der Waals surface area (Å²) in [6, 6.07) is 0.403. The Balaban J connectivity index is 2.43. The van der Waals surface area contributed by atoms with Gasteiger partial charge in [0.05, 0.1) is 6.04 Å². The van der Waals surface area contributed by atoms with E-state index < -0.39 is 0 Å². The van der Waals surface area contributed by atoms with Gasteiger partial charge in [0.15, 0.2) is 0 Å². The van der Waals surface area contributed by atoms with Crippen LogP contribution in [0.4, 0.5) is 0 Å². The molecule has 1 saturated carbocycles. The minimum Gasteiger partial charge on any atom is -0.293 e. The first kappa shape index (κ1) is 4.57. The molecule has 0 N–H and O–H groups in total. The third-order valence-electron chi connectivity index (χ3n) is 1.43. The van der Waals surface area contributed by atoms with Crippen molar-refractivity contribution < 1.29 is 0 Å². The molecule has 0 aromatic carbocycles. The van der Waals surface area contributed by atoms with Gasteiger partial charge < -0.3 is 0 Å². The second-order valence-electron chi connectivity index (χ2n) is 1.90. The van der Waals surface area contributed by atoms with Crippen molar-refractivity contribution in [3.8, 4) is 0 Å². The minimum atomic E-state index is 0.403. The second-order valence-corrected chi connectivity index (χ2v) is 1.90. The Morgan fingerprint density at radius 2 is 2.43 bits per heavy atom. The van der Waals surface area contributed by atoms with E-state index in [2.05, 4.69) is 18.3 Å². The van der Waals surface area contributed by atoms with E-state index in [1.54, 1.807) is 0 Å². The Kier molecular flexibility index (Phi) is 0.970. The zero-order valence-corrected chi connectivity index (χ0v) is 4.35. The molecule has 0 heterocycles. The van der Waals surface area contributed by atoms with E-state index in [0.29, 0.717) is 6.04 Å². The van der Waals surface area contributed by atoms with Crippen LogP contribution in [0.2, 0.25) is 0 Å². The third-order valence-corrected chi connectivity index (χ3v) is 1.43. The summed E-state index contributed by atoms with van der Waals surface area (Å²) in [6.45, 7) is 7.20. The van der Waals surface area contributed by atoms with Gasteiger partial charge in [-0.15, -0.1) is 0 Å². The molecule has 1 aliphatic rings. The summed E-state index contributed by atoms with van der Waals surface area (Å²) in [7, 11) is 0. The summed E-state index contributed by atoms with van der Waals surface area (Å²) in [5.41, 5.74) is 1.25. The van der Waals surface area contributed by atoms with Crippen molar-refractivity contribution in [2.24, 2.45) is 4.99 Å². The normalized spacial score (nSPS) is 29.1. The molecule has 1 rings (SSSR count). The van der Waals surface area contributed by atoms with E-state index in [4.69, 9.17) is 0 Å². The van der Waals surface area contributed by atoms with Crippen LogP contribution < -0.4 is 0 Å². The van der Waals surface area contributed by atoms with Gasteiger partial charge in [-0.25, -0.2) is 0 Å². The largest absolute Gasteiger partial charge is 0.293 e. The molecule has 1 fully saturated rings. The lowest BCUT2D eigenvalue weighted by molar-refractivity contribution is 0.565. The van der Waals surface area contributed by atoms with Crippen molar-refractivity contribution in [1.82, 2.24) is 0 Å². The fourth-order valence-electron chi connectivity index (χ4n) is 0.698. The van der Waals surface area contributed by atoms with Crippen LogP contribution in [0.15, 0.2) is 17.1 Å². The summed E-state index contributed by atoms with van der Waals surface area (Å²) >= 11 is 0. The maximum atomic E-state index is 3.83. The molecule has 7 heavy (non-hydrogen) atoms. The number of nitrogens with zero attached hydrogens (tertiary/aromatic N) is 1. The fraction of sp³-hybridized carbons (Fsp3) is 0.500. The molecular weight excluding hydrogens is 86.1 g/mol. The Hall–Kier alpha value is -0.590. The monoisotopic (exact) mass is 95.1 g/mol. The molecule has 0 radical (unpaired) electrons. The Bertz CT molecular complexity index is 105. The van der Waals surface area contributed by atoms with Gasteiger partial charge in [0.25, 0.3) is 0 Å². The number of hydrogen-bond acceptors (Lipinski definition) is 1. The maximum absolute atomic E-state index is 3.83. The topological polar surface area (TPSA) is 12.4 Å². The van der Waals surface area contributed by atoms with Gasteiger partial charge in [-0.2, -0.15) is 0 Å². The molecule has 38 valence electrons. The Morgan fingerprint density at radius 3 is 2.43 bits per heavy atom. The highest BCUT2D eigenvalue weighted by atomic mass is 14.8. The molecule has 0 spiro atoms. The molecule has 0 saturated heterocycles. The van der Waals surface area contributed by atoms with E-state index in [-0.39, 0.29) is 0 Å². The van der Waals surface area contributed by atoms with Crippen molar-refractivity contribution in [3.05, 3.63) is 12.2 Å². The summed E-state index contributed by atoms with van der Waals surface area (Å²) < 4.78 is 0. The number of hydrogen-bond donors (Lipinski definition) is 0. The average Bonchev–Trinajstić information content (AvgIpc) is 1.65. The summed E-state index contributed by atoms with van der Waals surface area (Å²) in [5, 5.41) is 0. The zero-order chi connectivity index (χ0) is 5.28. The molecule has 1 atom stereocenters. The second kappa shape index (κ2) is 1.49. The van der Waals surface area contributed by atoms with Crippen molar-refractivity contribution >= 4 is 6.72 Å². The molecule has 1 unspecified atom stereocenters. The van der Waals surface area contributed by atoms with Crippen molar-refractivity contribution in [3.63, 3.8) is 0 Å². The lowest BCUT2D eigenvalue weighted by Crippen LogP contribution is -2.17. The van der Waals surface area contributed by atoms with Gasteiger partial charge in [0, 0.05) is 0 Å². The predicted molar refractivity (Wildman–Crippen MR) is 31.7 cm³/mol. The third kappa shape index (κ3) is 0.581. The molecule has 0 amide bonds. The standard InChI is InChI=1S/C6H9N/c1-5-3-4-6(5)7-2/h6H,1-4H2. The van der Waals surface area contributed by atoms with Crippen LogP contribution in [0.25, 0.3) is 0 Å². The molecule has 1 nitrogen and oxygen atoms in total. The van der Waals surface area contributed by atoms with Crippen molar-refractivity contribution in [2.75, 3.05) is 0 Å². The number of aliphatic imine (C=N–C) groups is 1. The first-order valence-electron chi connectivity index (χ1n) is 2.48. The lowest BCUT2D eigenvalue weighted by Gasteiger charge is -2.23. The van der Waals surface area contributed by atoms with Gasteiger partial charge in [0.2, 0.25) is 0 Å². The van der Waals surface area contributed by atoms with Gasteiger partial charge in [-0.3, -0.25) is 4.99 Å². The van der Waals surface area contributed by atoms with Gasteiger partial charge in [0.1, 0.15) is 0 Å². The molecule has 1 heteroatoms. The van der Waals surface area contributed by atoms with Gasteiger partial charge in [-0.1, -0.05) is 12.2 Å². The zero-order valence-electron chi connectivity index (χ0n) is 4.35. The molecule has 0 bridgehead atoms. The highest BCUT2D eigenvalue weighted by Crippen LogP contribution is 2.26. The molecular formula is C6H9N. The molecule has 0 aromatic rings. The first-order valence-corrected chi connectivity index (χ1v) is 2.48. The van der Waals surface area contributed by atoms with Crippen LogP contribution in [0.3, 0.4) is 0 Å². The highest BCUT2D eigenvalue weighted by molar-refractivity contribution is 5.29. The van der Waals surface area contributed by atoms with Crippen LogP contribution in [-0.2, 0) is 0 Å². The van der Waals surface area contributed by atoms with Crippen molar-refractivity contribution in [2.45, 2.75) is 18.9 Å². The van der Waals surface area contributed by atoms with Crippen LogP contribution >= 0.6 is 0 Å². The van der Waals surface area contributed by atoms with Crippen LogP contribution in [0.1, 0.15) is 12.8 Å². The van der Waals surface area contributed by atoms with Crippen molar-refractivity contribution in [1.29, 1.82) is 0 Å². The molecule has 1 aliphatic carbocycles. The van der Waals surface area contributed by atoms with E-state index in [1.165, 1.54) is 12.0 Å². The summed E-state index contributed by atoms with van der Waals surface area (Å²) in [4.78, 5) is 3.83. The van der Waals surface area contributed by atoms with E-state index in [9.17, 15) is 0 Å². The Labute approximate surface area is 43.8 Å². The van der Waals surface area contributed by atoms with Crippen LogP contribution in [0.5, 0.6) is 0 Å². The highest BCUT2D eigenvalue weighted by Gasteiger charge is 2.18. The predicted octanol–water partition coefficient (Wildman–Crippen LogP) is 1.41. The van der Waals surface area contributed by atoms with E-state index >= 15 is 0 Å². The average molecular weight is 95.1 g/mol. The number of rotatable bonds is 1.